The van der Waals surface area contributed by atoms with Crippen LogP contribution in [0.25, 0.3) is 0 Å². The highest BCUT2D eigenvalue weighted by Gasteiger charge is 2.16. The van der Waals surface area contributed by atoms with Crippen LogP contribution in [-0.2, 0) is 4.79 Å². The van der Waals surface area contributed by atoms with Gasteiger partial charge in [0.05, 0.1) is 6.54 Å². The van der Waals surface area contributed by atoms with Crippen LogP contribution in [0.2, 0.25) is 0 Å². The van der Waals surface area contributed by atoms with Crippen molar-refractivity contribution in [2.75, 3.05) is 39.0 Å². The van der Waals surface area contributed by atoms with E-state index in [4.69, 9.17) is 0 Å². The summed E-state index contributed by atoms with van der Waals surface area (Å²) in [5.74, 6) is 0.374. The van der Waals surface area contributed by atoms with E-state index in [1.54, 1.807) is 26.2 Å². The number of nitrogens with zero attached hydrogens (tertiary/aromatic N) is 4. The molecule has 7 heteroatoms. The van der Waals surface area contributed by atoms with Crippen LogP contribution in [0.5, 0.6) is 0 Å². The lowest BCUT2D eigenvalue weighted by atomic mass is 10.1. The molecule has 1 saturated heterocycles. The molecule has 114 valence electrons. The van der Waals surface area contributed by atoms with Crippen LogP contribution >= 0.6 is 0 Å². The number of carbonyl (C=O) groups is 2. The lowest BCUT2D eigenvalue weighted by Gasteiger charge is -2.26. The lowest BCUT2D eigenvalue weighted by molar-refractivity contribution is -0.130. The Balaban J connectivity index is 1.86. The van der Waals surface area contributed by atoms with Gasteiger partial charge in [0, 0.05) is 27.2 Å². The maximum atomic E-state index is 12.0. The predicted octanol–water partition coefficient (Wildman–Crippen LogP) is 0.603. The fraction of sp³-hybridized carbons (Fsp3) is 0.571. The summed E-state index contributed by atoms with van der Waals surface area (Å²) in [5.41, 5.74) is 0.285. The molecule has 21 heavy (non-hydrogen) atoms. The third-order valence-electron chi connectivity index (χ3n) is 3.42. The molecule has 0 saturated carbocycles. The Kier molecular flexibility index (Phi) is 5.08. The van der Waals surface area contributed by atoms with Gasteiger partial charge in [0.15, 0.2) is 5.69 Å². The van der Waals surface area contributed by atoms with Gasteiger partial charge in [-0.15, -0.1) is 10.2 Å². The summed E-state index contributed by atoms with van der Waals surface area (Å²) in [4.78, 5) is 27.0. The average molecular weight is 291 g/mol. The van der Waals surface area contributed by atoms with E-state index < -0.39 is 0 Å². The topological polar surface area (TPSA) is 78.4 Å². The standard InChI is InChI=1S/C14H21N5O2/c1-18(2)14(21)11-6-7-12(17-16-11)15-10-13(20)19-8-4-3-5-9-19/h6-7H,3-5,8-10H2,1-2H3,(H,15,17). The number of piperidine rings is 1. The molecular formula is C14H21N5O2. The van der Waals surface area contributed by atoms with Gasteiger partial charge in [-0.05, 0) is 31.4 Å². The van der Waals surface area contributed by atoms with Crippen LogP contribution in [-0.4, -0.2) is 65.5 Å². The minimum absolute atomic E-state index is 0.0740. The lowest BCUT2D eigenvalue weighted by Crippen LogP contribution is -2.39. The van der Waals surface area contributed by atoms with E-state index in [0.717, 1.165) is 25.9 Å². The van der Waals surface area contributed by atoms with Gasteiger partial charge in [0.2, 0.25) is 5.91 Å². The summed E-state index contributed by atoms with van der Waals surface area (Å²) in [5, 5.41) is 10.7. The van der Waals surface area contributed by atoms with Crippen LogP contribution in [0, 0.1) is 0 Å². The molecule has 1 aliphatic heterocycles. The molecule has 2 rings (SSSR count). The summed E-state index contributed by atoms with van der Waals surface area (Å²) in [7, 11) is 3.32. The Morgan fingerprint density at radius 1 is 1.19 bits per heavy atom. The van der Waals surface area contributed by atoms with E-state index in [1.807, 2.05) is 4.90 Å². The van der Waals surface area contributed by atoms with Crippen molar-refractivity contribution in [1.29, 1.82) is 0 Å². The van der Waals surface area contributed by atoms with E-state index in [1.165, 1.54) is 11.3 Å². The van der Waals surface area contributed by atoms with E-state index in [0.29, 0.717) is 5.82 Å². The van der Waals surface area contributed by atoms with Crippen LogP contribution in [0.3, 0.4) is 0 Å². The number of anilines is 1. The third-order valence-corrected chi connectivity index (χ3v) is 3.42. The Morgan fingerprint density at radius 2 is 1.90 bits per heavy atom. The van der Waals surface area contributed by atoms with Crippen molar-refractivity contribution < 1.29 is 9.59 Å². The zero-order valence-corrected chi connectivity index (χ0v) is 12.5. The maximum Gasteiger partial charge on any atom is 0.273 e. The molecule has 1 fully saturated rings. The summed E-state index contributed by atoms with van der Waals surface area (Å²) in [6.07, 6.45) is 3.35. The SMILES string of the molecule is CN(C)C(=O)c1ccc(NCC(=O)N2CCCCC2)nn1. The number of hydrogen-bond donors (Lipinski definition) is 1. The molecule has 0 aliphatic carbocycles. The van der Waals surface area contributed by atoms with Crippen molar-refractivity contribution in [2.45, 2.75) is 19.3 Å². The first kappa shape index (κ1) is 15.2. The number of carbonyl (C=O) groups excluding carboxylic acids is 2. The van der Waals surface area contributed by atoms with E-state index in [9.17, 15) is 9.59 Å². The molecule has 1 aromatic rings. The van der Waals surface area contributed by atoms with Gasteiger partial charge in [-0.2, -0.15) is 0 Å². The fourth-order valence-electron chi connectivity index (χ4n) is 2.19. The predicted molar refractivity (Wildman–Crippen MR) is 79.0 cm³/mol. The van der Waals surface area contributed by atoms with Crippen LogP contribution in [0.1, 0.15) is 29.8 Å². The largest absolute Gasteiger partial charge is 0.360 e. The van der Waals surface area contributed by atoms with E-state index in [2.05, 4.69) is 15.5 Å². The first-order valence-electron chi connectivity index (χ1n) is 7.15. The van der Waals surface area contributed by atoms with Gasteiger partial charge in [0.1, 0.15) is 5.82 Å². The van der Waals surface area contributed by atoms with Gasteiger partial charge >= 0.3 is 0 Å². The van der Waals surface area contributed by atoms with Crippen LogP contribution < -0.4 is 5.32 Å². The minimum Gasteiger partial charge on any atom is -0.360 e. The van der Waals surface area contributed by atoms with E-state index >= 15 is 0 Å². The molecule has 2 heterocycles. The van der Waals surface area contributed by atoms with Gasteiger partial charge in [0.25, 0.3) is 5.91 Å². The number of hydrogen-bond acceptors (Lipinski definition) is 5. The van der Waals surface area contributed by atoms with Gasteiger partial charge in [-0.1, -0.05) is 0 Å². The number of amides is 2. The molecule has 0 unspecified atom stereocenters. The summed E-state index contributed by atoms with van der Waals surface area (Å²) in [6, 6.07) is 3.26. The maximum absolute atomic E-state index is 12.0. The first-order chi connectivity index (χ1) is 10.1. The highest BCUT2D eigenvalue weighted by Crippen LogP contribution is 2.09. The summed E-state index contributed by atoms with van der Waals surface area (Å²) >= 11 is 0. The first-order valence-corrected chi connectivity index (χ1v) is 7.15. The molecule has 0 aromatic carbocycles. The second-order valence-electron chi connectivity index (χ2n) is 5.30. The molecule has 1 aromatic heterocycles. The molecule has 0 spiro atoms. The molecule has 0 radical (unpaired) electrons. The molecular weight excluding hydrogens is 270 g/mol. The Hall–Kier alpha value is -2.18. The zero-order valence-electron chi connectivity index (χ0n) is 12.5. The smallest absolute Gasteiger partial charge is 0.273 e. The van der Waals surface area contributed by atoms with E-state index in [-0.39, 0.29) is 24.1 Å². The Morgan fingerprint density at radius 3 is 2.48 bits per heavy atom. The quantitative estimate of drug-likeness (QED) is 0.879. The fourth-order valence-corrected chi connectivity index (χ4v) is 2.19. The molecule has 7 nitrogen and oxygen atoms in total. The van der Waals surface area contributed by atoms with Crippen molar-refractivity contribution in [3.05, 3.63) is 17.8 Å². The van der Waals surface area contributed by atoms with Gasteiger partial charge in [-0.25, -0.2) is 0 Å². The summed E-state index contributed by atoms with van der Waals surface area (Å²) in [6.45, 7) is 1.88. The monoisotopic (exact) mass is 291 g/mol. The summed E-state index contributed by atoms with van der Waals surface area (Å²) < 4.78 is 0. The molecule has 0 bridgehead atoms. The van der Waals surface area contributed by atoms with Crippen molar-refractivity contribution in [3.8, 4) is 0 Å². The third kappa shape index (κ3) is 4.14. The minimum atomic E-state index is -0.196. The highest BCUT2D eigenvalue weighted by atomic mass is 16.2. The average Bonchev–Trinajstić information content (AvgIpc) is 2.53. The van der Waals surface area contributed by atoms with Crippen molar-refractivity contribution in [2.24, 2.45) is 0 Å². The van der Waals surface area contributed by atoms with Gasteiger partial charge in [-0.3, -0.25) is 9.59 Å². The zero-order chi connectivity index (χ0) is 15.2. The molecule has 1 N–H and O–H groups in total. The second-order valence-corrected chi connectivity index (χ2v) is 5.30. The number of nitrogens with one attached hydrogen (secondary N) is 1. The Labute approximate surface area is 124 Å². The molecule has 1 aliphatic rings. The number of likely N-dealkylation sites (tertiary alicyclic amines) is 1. The van der Waals surface area contributed by atoms with Crippen molar-refractivity contribution in [3.63, 3.8) is 0 Å². The van der Waals surface area contributed by atoms with Crippen LogP contribution in [0.4, 0.5) is 5.82 Å². The number of aromatic nitrogens is 2. The number of rotatable bonds is 4. The normalized spacial score (nSPS) is 14.7. The Bertz CT molecular complexity index is 495. The molecule has 2 amide bonds. The highest BCUT2D eigenvalue weighted by molar-refractivity contribution is 5.91. The molecule has 0 atom stereocenters. The van der Waals surface area contributed by atoms with Crippen LogP contribution in [0.15, 0.2) is 12.1 Å². The van der Waals surface area contributed by atoms with Crippen molar-refractivity contribution >= 4 is 17.6 Å². The second kappa shape index (κ2) is 7.01. The van der Waals surface area contributed by atoms with Crippen molar-refractivity contribution in [1.82, 2.24) is 20.0 Å². The van der Waals surface area contributed by atoms with Gasteiger partial charge < -0.3 is 15.1 Å².